The Morgan fingerprint density at radius 3 is 1.68 bits per heavy atom. The highest BCUT2D eigenvalue weighted by Crippen LogP contribution is 2.26. The van der Waals surface area contributed by atoms with Crippen LogP contribution in [0.2, 0.25) is 0 Å². The number of rotatable bonds is 12. The quantitative estimate of drug-likeness (QED) is 0.255. The highest BCUT2D eigenvalue weighted by atomic mass is 16.5. The van der Waals surface area contributed by atoms with Crippen molar-refractivity contribution in [2.24, 2.45) is 29.6 Å². The van der Waals surface area contributed by atoms with Crippen molar-refractivity contribution in [3.63, 3.8) is 0 Å². The van der Waals surface area contributed by atoms with E-state index in [4.69, 9.17) is 9.47 Å². The van der Waals surface area contributed by atoms with Gasteiger partial charge in [0.1, 0.15) is 59.9 Å². The lowest BCUT2D eigenvalue weighted by Crippen LogP contribution is -2.63. The number of piperidine rings is 1. The number of nitrogens with one attached hydrogen (secondary N) is 3. The molecular weight excluding hydrogens is 1030 g/mol. The van der Waals surface area contributed by atoms with Crippen molar-refractivity contribution in [3.05, 3.63) is 29.8 Å². The number of nitrogens with zero attached hydrogens (tertiary/aromatic N) is 6. The molecule has 2 aliphatic rings. The van der Waals surface area contributed by atoms with Gasteiger partial charge in [0.25, 0.3) is 5.91 Å². The molecule has 0 aromatic heterocycles. The van der Waals surface area contributed by atoms with E-state index < -0.39 is 162 Å². The molecule has 0 bridgehead atoms. The number of fused-ring (bicyclic) bond motifs is 1. The molecule has 22 nitrogen and oxygen atoms in total. The number of cyclic esters (lactones) is 1. The minimum Gasteiger partial charge on any atom is -0.497 e. The third-order valence-electron chi connectivity index (χ3n) is 15.9. The summed E-state index contributed by atoms with van der Waals surface area (Å²) in [5.41, 5.74) is 0.590. The maximum Gasteiger partial charge on any atom is 0.329 e. The van der Waals surface area contributed by atoms with E-state index in [1.54, 1.807) is 79.7 Å². The zero-order chi connectivity index (χ0) is 60.8. The average Bonchev–Trinajstić information content (AvgIpc) is 3.41. The van der Waals surface area contributed by atoms with E-state index in [1.807, 2.05) is 13.8 Å². The summed E-state index contributed by atoms with van der Waals surface area (Å²) in [5.74, 6) is -9.64. The maximum atomic E-state index is 14.9. The largest absolute Gasteiger partial charge is 0.497 e. The summed E-state index contributed by atoms with van der Waals surface area (Å²) >= 11 is 0. The van der Waals surface area contributed by atoms with Crippen LogP contribution in [-0.2, 0) is 63.9 Å². The van der Waals surface area contributed by atoms with E-state index in [-0.39, 0.29) is 19.4 Å². The molecule has 3 rings (SSSR count). The van der Waals surface area contributed by atoms with Gasteiger partial charge in [-0.3, -0.25) is 47.9 Å². The van der Waals surface area contributed by atoms with Crippen molar-refractivity contribution in [2.75, 3.05) is 55.4 Å². The van der Waals surface area contributed by atoms with Gasteiger partial charge in [-0.05, 0) is 80.4 Å². The second kappa shape index (κ2) is 30.3. The van der Waals surface area contributed by atoms with Gasteiger partial charge >= 0.3 is 5.97 Å². The van der Waals surface area contributed by atoms with Crippen molar-refractivity contribution in [1.29, 1.82) is 0 Å². The highest BCUT2D eigenvalue weighted by molar-refractivity contribution is 5.99. The Kier molecular flexibility index (Phi) is 25.6. The van der Waals surface area contributed by atoms with E-state index >= 15 is 0 Å². The molecule has 1 aromatic rings. The molecule has 0 saturated carbocycles. The Bertz CT molecular complexity index is 2380. The van der Waals surface area contributed by atoms with E-state index in [2.05, 4.69) is 16.0 Å². The van der Waals surface area contributed by atoms with Crippen LogP contribution in [0.4, 0.5) is 0 Å². The second-order valence-electron chi connectivity index (χ2n) is 22.9. The molecule has 22 heteroatoms. The van der Waals surface area contributed by atoms with E-state index in [0.717, 1.165) is 9.80 Å². The van der Waals surface area contributed by atoms with Crippen LogP contribution >= 0.6 is 0 Å². The normalized spacial score (nSPS) is 26.7. The molecule has 1 aromatic carbocycles. The first-order chi connectivity index (χ1) is 37.4. The van der Waals surface area contributed by atoms with E-state index in [1.165, 1.54) is 75.8 Å². The molecular formula is C58H93N9O13. The van der Waals surface area contributed by atoms with Crippen molar-refractivity contribution in [2.45, 2.75) is 182 Å². The Morgan fingerprint density at radius 1 is 0.625 bits per heavy atom. The van der Waals surface area contributed by atoms with Crippen LogP contribution in [0.1, 0.15) is 127 Å². The number of carbonyl (C=O) groups is 11. The van der Waals surface area contributed by atoms with Crippen molar-refractivity contribution in [3.8, 4) is 5.75 Å². The zero-order valence-electron chi connectivity index (χ0n) is 50.7. The fourth-order valence-electron chi connectivity index (χ4n) is 10.8. The first-order valence-corrected chi connectivity index (χ1v) is 28.2. The molecule has 9 amide bonds. The molecule has 2 aliphatic heterocycles. The molecule has 0 unspecified atom stereocenters. The van der Waals surface area contributed by atoms with Gasteiger partial charge in [-0.1, -0.05) is 94.2 Å². The Hall–Kier alpha value is -6.61. The van der Waals surface area contributed by atoms with Crippen molar-refractivity contribution in [1.82, 2.24) is 45.3 Å². The van der Waals surface area contributed by atoms with Crippen LogP contribution in [0.3, 0.4) is 0 Å². The first kappa shape index (κ1) is 67.7. The van der Waals surface area contributed by atoms with Crippen LogP contribution in [-0.4, -0.2) is 204 Å². The Morgan fingerprint density at radius 2 is 1.15 bits per heavy atom. The van der Waals surface area contributed by atoms with Gasteiger partial charge in [0.2, 0.25) is 47.3 Å². The van der Waals surface area contributed by atoms with Crippen molar-refractivity contribution < 1.29 is 62.2 Å². The molecule has 448 valence electrons. The number of hydrogen-bond acceptors (Lipinski definition) is 13. The summed E-state index contributed by atoms with van der Waals surface area (Å²) in [4.78, 5) is 166. The van der Waals surface area contributed by atoms with Gasteiger partial charge in [-0.2, -0.15) is 0 Å². The first-order valence-electron chi connectivity index (χ1n) is 28.2. The summed E-state index contributed by atoms with van der Waals surface area (Å²) in [5, 5.41) is 8.28. The summed E-state index contributed by atoms with van der Waals surface area (Å²) < 4.78 is 11.2. The molecule has 0 aliphatic carbocycles. The number of ketones is 1. The lowest BCUT2D eigenvalue weighted by molar-refractivity contribution is -0.165. The summed E-state index contributed by atoms with van der Waals surface area (Å²) in [6, 6.07) is -3.19. The van der Waals surface area contributed by atoms with Gasteiger partial charge in [-0.25, -0.2) is 4.79 Å². The number of hydrogen-bond donors (Lipinski definition) is 3. The van der Waals surface area contributed by atoms with Gasteiger partial charge in [0.15, 0.2) is 6.10 Å². The van der Waals surface area contributed by atoms with Crippen LogP contribution < -0.4 is 20.7 Å². The van der Waals surface area contributed by atoms with E-state index in [9.17, 15) is 52.7 Å². The molecule has 2 heterocycles. The van der Waals surface area contributed by atoms with Crippen LogP contribution in [0, 0.1) is 29.6 Å². The Balaban J connectivity index is 2.27. The topological polar surface area (TPSA) is 262 Å². The second-order valence-corrected chi connectivity index (χ2v) is 22.9. The number of esters is 1. The van der Waals surface area contributed by atoms with E-state index in [0.29, 0.717) is 37.0 Å². The molecule has 2 fully saturated rings. The molecule has 3 N–H and O–H groups in total. The fraction of sp³-hybridized carbons (Fsp3) is 0.707. The van der Waals surface area contributed by atoms with Gasteiger partial charge < -0.3 is 54.8 Å². The Labute approximate surface area is 474 Å². The SMILES string of the molecule is CC[C@@H](C)[C@H]1C(=O)NCC(=O)N(C)[C@@H](C(C)C)C(=O)N[C@@H](Cc2ccc(OC)cc2)C(=O)O[C@H](C)C(=O)N2CCCC[C@H]2C(=O)N(C)[C@@H](C(C)C)C(=O)N[C@@H](C(C)C)C(=O)N(C)[C@H](CC(C)=O)C(=O)N(C)[C@@H]([C@@H](C)CC)C(=O)N1C. The fourth-order valence-corrected chi connectivity index (χ4v) is 10.8. The number of methoxy groups -OCH3 is 1. The summed E-state index contributed by atoms with van der Waals surface area (Å²) in [6.45, 7) is 19.6. The molecule has 0 radical (unpaired) electrons. The number of carbonyl (C=O) groups excluding carboxylic acids is 11. The summed E-state index contributed by atoms with van der Waals surface area (Å²) in [6.07, 6.45) is 0.113. The highest BCUT2D eigenvalue weighted by Gasteiger charge is 2.46. The minimum absolute atomic E-state index is 0.105. The lowest BCUT2D eigenvalue weighted by Gasteiger charge is -2.41. The third kappa shape index (κ3) is 16.7. The predicted octanol–water partition coefficient (Wildman–Crippen LogP) is 2.82. The van der Waals surface area contributed by atoms with Crippen molar-refractivity contribution >= 4 is 64.9 Å². The van der Waals surface area contributed by atoms with Crippen LogP contribution in [0.15, 0.2) is 24.3 Å². The molecule has 0 spiro atoms. The maximum absolute atomic E-state index is 14.9. The average molecular weight is 1120 g/mol. The van der Waals surface area contributed by atoms with Gasteiger partial charge in [0.05, 0.1) is 13.7 Å². The third-order valence-corrected chi connectivity index (χ3v) is 15.9. The van der Waals surface area contributed by atoms with Gasteiger partial charge in [-0.15, -0.1) is 0 Å². The number of benzene rings is 1. The predicted molar refractivity (Wildman–Crippen MR) is 300 cm³/mol. The van der Waals surface area contributed by atoms with Crippen LogP contribution in [0.25, 0.3) is 0 Å². The number of ether oxygens (including phenoxy) is 2. The van der Waals surface area contributed by atoms with Crippen LogP contribution in [0.5, 0.6) is 5.75 Å². The number of amides is 9. The molecule has 80 heavy (non-hydrogen) atoms. The summed E-state index contributed by atoms with van der Waals surface area (Å²) in [7, 11) is 8.52. The lowest BCUT2D eigenvalue weighted by atomic mass is 9.92. The molecule has 11 atom stereocenters. The molecule has 2 saturated heterocycles. The number of likely N-dealkylation sites (N-methyl/N-ethyl adjacent to an activating group) is 5. The zero-order valence-corrected chi connectivity index (χ0v) is 50.7. The monoisotopic (exact) mass is 1120 g/mol. The van der Waals surface area contributed by atoms with Gasteiger partial charge in [0, 0.05) is 54.6 Å². The smallest absolute Gasteiger partial charge is 0.329 e. The standard InChI is InChI=1S/C58H93N9O13/c1-19-35(9)48-50(70)59-31-44(69)63(14)46(33(5)6)51(71)60-41(30-39-24-26-40(79-18)27-25-39)58(78)80-38(12)53(73)67-28-22-21-23-42(67)54(74)64(15)47(34(7)8)52(72)61-45(32(3)4)56(76)62(13)43(29-37(11)68)55(75)66(17)49(36(10)20-2)57(77)65(48)16/h24-27,32-36,38,41-43,45-49H,19-23,28-31H2,1-18H3,(H,59,70)(H,60,71)(H,61,72)/t35-,36+,38-,41+,42+,43-,45+,46+,47+,48+,49+/m1/s1. The number of Topliss-reactive ketones (excluding diaryl/α,β-unsaturated/α-hetero) is 1. The minimum atomic E-state index is -1.46.